The van der Waals surface area contributed by atoms with Crippen LogP contribution < -0.4 is 5.32 Å². The second kappa shape index (κ2) is 8.08. The molecule has 5 rings (SSSR count). The molecule has 0 radical (unpaired) electrons. The van der Waals surface area contributed by atoms with Gasteiger partial charge in [-0.25, -0.2) is 8.91 Å². The molecule has 1 N–H and O–H groups in total. The van der Waals surface area contributed by atoms with Crippen LogP contribution in [0, 0.1) is 19.7 Å². The average molecular weight is 447 g/mol. The Morgan fingerprint density at radius 2 is 1.91 bits per heavy atom. The lowest BCUT2D eigenvalue weighted by Crippen LogP contribution is -2.15. The fourth-order valence-electron chi connectivity index (χ4n) is 3.41. The Labute approximate surface area is 187 Å². The zero-order valence-corrected chi connectivity index (χ0v) is 18.2. The lowest BCUT2D eigenvalue weighted by atomic mass is 10.0. The van der Waals surface area contributed by atoms with Gasteiger partial charge in [0.1, 0.15) is 11.3 Å². The summed E-state index contributed by atoms with van der Waals surface area (Å²) in [6.07, 6.45) is 3.65. The van der Waals surface area contributed by atoms with Crippen molar-refractivity contribution in [2.24, 2.45) is 0 Å². The molecule has 0 aliphatic carbocycles. The van der Waals surface area contributed by atoms with Crippen LogP contribution in [-0.2, 0) is 4.79 Å². The second-order valence-corrected chi connectivity index (χ2v) is 8.39. The van der Waals surface area contributed by atoms with E-state index in [9.17, 15) is 9.18 Å². The minimum Gasteiger partial charge on any atom is -0.323 e. The molecule has 3 aromatic heterocycles. The number of thioether (sulfide) groups is 1. The number of hydrogen-bond acceptors (Lipinski definition) is 5. The van der Waals surface area contributed by atoms with Crippen LogP contribution in [0.25, 0.3) is 22.4 Å². The number of para-hydroxylation sites is 1. The zero-order chi connectivity index (χ0) is 22.2. The van der Waals surface area contributed by atoms with Crippen molar-refractivity contribution in [3.05, 3.63) is 77.9 Å². The number of hydrogen-bond donors (Lipinski definition) is 1. The molecule has 1 amide bonds. The number of nitrogens with one attached hydrogen (secondary N) is 1. The van der Waals surface area contributed by atoms with E-state index in [1.165, 1.54) is 35.0 Å². The van der Waals surface area contributed by atoms with Crippen molar-refractivity contribution in [1.29, 1.82) is 0 Å². The molecule has 0 saturated heterocycles. The van der Waals surface area contributed by atoms with E-state index in [0.717, 1.165) is 16.8 Å². The highest BCUT2D eigenvalue weighted by atomic mass is 32.2. The highest BCUT2D eigenvalue weighted by Gasteiger charge is 2.15. The zero-order valence-electron chi connectivity index (χ0n) is 17.4. The first-order chi connectivity index (χ1) is 15.5. The number of rotatable bonds is 5. The van der Waals surface area contributed by atoms with Crippen molar-refractivity contribution >= 4 is 34.5 Å². The molecule has 0 unspecified atom stereocenters. The third-order valence-electron chi connectivity index (χ3n) is 5.27. The van der Waals surface area contributed by atoms with E-state index in [1.807, 2.05) is 22.9 Å². The Kier molecular flexibility index (Phi) is 5.10. The molecule has 3 heterocycles. The fraction of sp³-hybridized carbons (Fsp3) is 0.130. The number of aryl methyl sites for hydroxylation is 2. The van der Waals surface area contributed by atoms with Crippen LogP contribution in [0.3, 0.4) is 0 Å². The SMILES string of the molecule is Cc1ccc(-c2cc3c4nnc(SCC(=O)Nc5ccccc5F)n4ccn3n2)cc1C. The van der Waals surface area contributed by atoms with Gasteiger partial charge in [0, 0.05) is 18.0 Å². The van der Waals surface area contributed by atoms with Crippen LogP contribution in [0.2, 0.25) is 0 Å². The molecule has 0 fully saturated rings. The second-order valence-electron chi connectivity index (χ2n) is 7.45. The molecule has 160 valence electrons. The third-order valence-corrected chi connectivity index (χ3v) is 6.21. The van der Waals surface area contributed by atoms with Gasteiger partial charge in [-0.2, -0.15) is 5.10 Å². The number of benzene rings is 2. The lowest BCUT2D eigenvalue weighted by Gasteiger charge is -2.05. The molecule has 7 nitrogen and oxygen atoms in total. The normalized spacial score (nSPS) is 11.3. The minimum absolute atomic E-state index is 0.0768. The minimum atomic E-state index is -0.471. The maximum Gasteiger partial charge on any atom is 0.234 e. The van der Waals surface area contributed by atoms with Gasteiger partial charge < -0.3 is 5.32 Å². The molecule has 0 aliphatic heterocycles. The maximum atomic E-state index is 13.7. The van der Waals surface area contributed by atoms with Crippen molar-refractivity contribution < 1.29 is 9.18 Å². The molecule has 0 atom stereocenters. The van der Waals surface area contributed by atoms with Gasteiger partial charge in [0.15, 0.2) is 10.8 Å². The van der Waals surface area contributed by atoms with Crippen LogP contribution in [0.4, 0.5) is 10.1 Å². The highest BCUT2D eigenvalue weighted by Crippen LogP contribution is 2.25. The van der Waals surface area contributed by atoms with Crippen molar-refractivity contribution in [1.82, 2.24) is 24.2 Å². The van der Waals surface area contributed by atoms with Crippen LogP contribution in [0.1, 0.15) is 11.1 Å². The van der Waals surface area contributed by atoms with Gasteiger partial charge in [-0.05, 0) is 49.2 Å². The van der Waals surface area contributed by atoms with Gasteiger partial charge in [-0.3, -0.25) is 9.20 Å². The van der Waals surface area contributed by atoms with Gasteiger partial charge in [0.25, 0.3) is 0 Å². The number of carbonyl (C=O) groups is 1. The Balaban J connectivity index is 1.39. The van der Waals surface area contributed by atoms with E-state index in [0.29, 0.717) is 10.8 Å². The average Bonchev–Trinajstić information content (AvgIpc) is 3.39. The molecule has 0 bridgehead atoms. The van der Waals surface area contributed by atoms with E-state index < -0.39 is 5.82 Å². The van der Waals surface area contributed by atoms with Crippen molar-refractivity contribution in [3.8, 4) is 11.3 Å². The number of halogens is 1. The molecule has 32 heavy (non-hydrogen) atoms. The van der Waals surface area contributed by atoms with Crippen molar-refractivity contribution in [2.45, 2.75) is 19.0 Å². The van der Waals surface area contributed by atoms with Gasteiger partial charge in [0.2, 0.25) is 5.91 Å². The summed E-state index contributed by atoms with van der Waals surface area (Å²) in [5.41, 5.74) is 5.95. The molecule has 5 aromatic rings. The first-order valence-electron chi connectivity index (χ1n) is 9.97. The third kappa shape index (κ3) is 3.71. The lowest BCUT2D eigenvalue weighted by molar-refractivity contribution is -0.113. The number of nitrogens with zero attached hydrogens (tertiary/aromatic N) is 5. The van der Waals surface area contributed by atoms with Gasteiger partial charge >= 0.3 is 0 Å². The summed E-state index contributed by atoms with van der Waals surface area (Å²) in [6.45, 7) is 4.16. The van der Waals surface area contributed by atoms with E-state index in [2.05, 4.69) is 52.7 Å². The van der Waals surface area contributed by atoms with Crippen molar-refractivity contribution in [2.75, 3.05) is 11.1 Å². The van der Waals surface area contributed by atoms with Crippen LogP contribution in [-0.4, -0.2) is 35.9 Å². The number of amides is 1. The molecule has 2 aromatic carbocycles. The molecule has 9 heteroatoms. The van der Waals surface area contributed by atoms with Crippen LogP contribution in [0.15, 0.2) is 66.1 Å². The summed E-state index contributed by atoms with van der Waals surface area (Å²) < 4.78 is 17.3. The Hall–Kier alpha value is -3.72. The summed E-state index contributed by atoms with van der Waals surface area (Å²) in [5.74, 6) is -0.714. The summed E-state index contributed by atoms with van der Waals surface area (Å²) in [7, 11) is 0. The quantitative estimate of drug-likeness (QED) is 0.402. The number of fused-ring (bicyclic) bond motifs is 3. The van der Waals surface area contributed by atoms with E-state index >= 15 is 0 Å². The fourth-order valence-corrected chi connectivity index (χ4v) is 4.13. The van der Waals surface area contributed by atoms with Gasteiger partial charge in [-0.15, -0.1) is 10.2 Å². The smallest absolute Gasteiger partial charge is 0.234 e. The first kappa shape index (κ1) is 20.2. The standard InChI is InChI=1S/C23H19FN6OS/c1-14-7-8-16(11-15(14)2)19-12-20-22-26-27-23(29(22)9-10-30(20)28-19)32-13-21(31)25-18-6-4-3-5-17(18)24/h3-12H,13H2,1-2H3,(H,25,31). The van der Waals surface area contributed by atoms with Gasteiger partial charge in [-0.1, -0.05) is 36.0 Å². The van der Waals surface area contributed by atoms with E-state index in [4.69, 9.17) is 0 Å². The van der Waals surface area contributed by atoms with E-state index in [1.54, 1.807) is 16.6 Å². The Morgan fingerprint density at radius 3 is 2.72 bits per heavy atom. The summed E-state index contributed by atoms with van der Waals surface area (Å²) in [4.78, 5) is 12.2. The highest BCUT2D eigenvalue weighted by molar-refractivity contribution is 7.99. The topological polar surface area (TPSA) is 76.6 Å². The number of aromatic nitrogens is 5. The largest absolute Gasteiger partial charge is 0.323 e. The Morgan fingerprint density at radius 1 is 1.06 bits per heavy atom. The monoisotopic (exact) mass is 446 g/mol. The molecular formula is C23H19FN6OS. The summed E-state index contributed by atoms with van der Waals surface area (Å²) >= 11 is 1.23. The Bertz CT molecular complexity index is 1470. The number of carbonyl (C=O) groups excluding carboxylic acids is 1. The predicted molar refractivity (Wildman–Crippen MR) is 122 cm³/mol. The number of anilines is 1. The van der Waals surface area contributed by atoms with Crippen LogP contribution in [0.5, 0.6) is 0 Å². The van der Waals surface area contributed by atoms with E-state index in [-0.39, 0.29) is 17.3 Å². The molecular weight excluding hydrogens is 427 g/mol. The van der Waals surface area contributed by atoms with Crippen molar-refractivity contribution in [3.63, 3.8) is 0 Å². The summed E-state index contributed by atoms with van der Waals surface area (Å²) in [6, 6.07) is 14.3. The maximum absolute atomic E-state index is 13.7. The first-order valence-corrected chi connectivity index (χ1v) is 11.0. The molecule has 0 spiro atoms. The summed E-state index contributed by atoms with van der Waals surface area (Å²) in [5, 5.41) is 16.3. The molecule has 0 saturated carbocycles. The van der Waals surface area contributed by atoms with Crippen LogP contribution >= 0.6 is 11.8 Å². The predicted octanol–water partition coefficient (Wildman–Crippen LogP) is 4.53. The molecule has 0 aliphatic rings. The van der Waals surface area contributed by atoms with Gasteiger partial charge in [0.05, 0.1) is 17.1 Å².